The number of rotatable bonds is 9. The molecule has 0 radical (unpaired) electrons. The van der Waals surface area contributed by atoms with Gasteiger partial charge >= 0.3 is 5.97 Å². The number of pyridine rings is 1. The van der Waals surface area contributed by atoms with E-state index in [9.17, 15) is 9.59 Å². The van der Waals surface area contributed by atoms with E-state index in [1.54, 1.807) is 19.2 Å². The summed E-state index contributed by atoms with van der Waals surface area (Å²) >= 11 is 0. The highest BCUT2D eigenvalue weighted by Crippen LogP contribution is 2.32. The lowest BCUT2D eigenvalue weighted by Gasteiger charge is -2.23. The summed E-state index contributed by atoms with van der Waals surface area (Å²) in [7, 11) is 1.57. The van der Waals surface area contributed by atoms with Crippen molar-refractivity contribution in [2.45, 2.75) is 90.1 Å². The number of carbonyl (C=O) groups excluding carboxylic acids is 2. The molecule has 0 bridgehead atoms. The van der Waals surface area contributed by atoms with Crippen LogP contribution in [0.1, 0.15) is 101 Å². The van der Waals surface area contributed by atoms with Gasteiger partial charge in [-0.2, -0.15) is 4.98 Å². The zero-order valence-electron chi connectivity index (χ0n) is 20.2. The molecule has 2 heterocycles. The first-order valence-corrected chi connectivity index (χ1v) is 12.0. The number of aromatic nitrogens is 3. The van der Waals surface area contributed by atoms with E-state index in [2.05, 4.69) is 20.4 Å². The van der Waals surface area contributed by atoms with Gasteiger partial charge in [-0.05, 0) is 45.2 Å². The van der Waals surface area contributed by atoms with Crippen LogP contribution in [0.2, 0.25) is 0 Å². The number of esters is 1. The Morgan fingerprint density at radius 3 is 2.70 bits per heavy atom. The minimum Gasteiger partial charge on any atom is -0.460 e. The Morgan fingerprint density at radius 1 is 1.24 bits per heavy atom. The van der Waals surface area contributed by atoms with Gasteiger partial charge in [0.1, 0.15) is 11.3 Å². The fraction of sp³-hybridized carbons (Fsp3) is 0.640. The highest BCUT2D eigenvalue weighted by molar-refractivity contribution is 5.94. The zero-order chi connectivity index (χ0) is 23.8. The average molecular weight is 457 g/mol. The van der Waals surface area contributed by atoms with Crippen molar-refractivity contribution in [1.29, 1.82) is 0 Å². The molecule has 33 heavy (non-hydrogen) atoms. The molecule has 0 aliphatic heterocycles. The Kier molecular flexibility index (Phi) is 8.58. The number of hydrogen-bond acceptors (Lipinski definition) is 7. The number of hydrogen-bond donors (Lipinski definition) is 1. The van der Waals surface area contributed by atoms with Crippen LogP contribution < -0.4 is 5.32 Å². The van der Waals surface area contributed by atoms with Crippen molar-refractivity contribution in [3.63, 3.8) is 0 Å². The van der Waals surface area contributed by atoms with Gasteiger partial charge in [0.05, 0.1) is 6.42 Å². The molecule has 0 aromatic carbocycles. The number of nitrogens with one attached hydrogen (secondary N) is 1. The summed E-state index contributed by atoms with van der Waals surface area (Å²) < 4.78 is 11.1. The summed E-state index contributed by atoms with van der Waals surface area (Å²) in [5.41, 5.74) is 0.365. The standard InChI is InChI=1S/C25H36N4O4/c1-25(2,3)32-21(30)16-19(12-8-11-17-9-6-5-7-10-17)24-28-22(29-33-24)20-15-18(13-14-27-20)23(31)26-4/h13-15,17,19H,5-12,16H2,1-4H3,(H,26,31). The van der Waals surface area contributed by atoms with Crippen molar-refractivity contribution in [3.05, 3.63) is 29.8 Å². The maximum atomic E-state index is 12.6. The molecule has 3 rings (SSSR count). The first-order chi connectivity index (χ1) is 15.7. The van der Waals surface area contributed by atoms with Gasteiger partial charge in [0.2, 0.25) is 11.7 Å². The minimum atomic E-state index is -0.548. The van der Waals surface area contributed by atoms with E-state index >= 15 is 0 Å². The Hall–Kier alpha value is -2.77. The van der Waals surface area contributed by atoms with E-state index in [-0.39, 0.29) is 24.2 Å². The van der Waals surface area contributed by atoms with Crippen molar-refractivity contribution < 1.29 is 18.8 Å². The lowest BCUT2D eigenvalue weighted by Crippen LogP contribution is -2.25. The van der Waals surface area contributed by atoms with Crippen LogP contribution >= 0.6 is 0 Å². The van der Waals surface area contributed by atoms with E-state index in [0.717, 1.165) is 25.2 Å². The summed E-state index contributed by atoms with van der Waals surface area (Å²) in [6.07, 6.45) is 11.3. The molecule has 1 N–H and O–H groups in total. The van der Waals surface area contributed by atoms with E-state index < -0.39 is 5.60 Å². The van der Waals surface area contributed by atoms with Gasteiger partial charge < -0.3 is 14.6 Å². The monoisotopic (exact) mass is 456 g/mol. The Bertz CT molecular complexity index is 928. The molecule has 180 valence electrons. The Morgan fingerprint density at radius 2 is 2.00 bits per heavy atom. The molecule has 1 aliphatic rings. The third kappa shape index (κ3) is 7.65. The van der Waals surface area contributed by atoms with Crippen molar-refractivity contribution in [3.8, 4) is 11.5 Å². The van der Waals surface area contributed by atoms with Crippen LogP contribution in [-0.4, -0.2) is 39.6 Å². The first-order valence-electron chi connectivity index (χ1n) is 12.0. The van der Waals surface area contributed by atoms with Gasteiger partial charge in [-0.3, -0.25) is 14.6 Å². The van der Waals surface area contributed by atoms with Crippen LogP contribution in [0.25, 0.3) is 11.5 Å². The van der Waals surface area contributed by atoms with Crippen LogP contribution in [0.5, 0.6) is 0 Å². The van der Waals surface area contributed by atoms with Crippen molar-refractivity contribution in [2.24, 2.45) is 5.92 Å². The molecule has 2 aromatic heterocycles. The second-order valence-corrected chi connectivity index (χ2v) is 9.89. The van der Waals surface area contributed by atoms with E-state index in [0.29, 0.717) is 23.0 Å². The summed E-state index contributed by atoms with van der Waals surface area (Å²) in [6, 6.07) is 3.25. The quantitative estimate of drug-likeness (QED) is 0.526. The van der Waals surface area contributed by atoms with Crippen LogP contribution in [0, 0.1) is 5.92 Å². The van der Waals surface area contributed by atoms with Gasteiger partial charge in [-0.1, -0.05) is 50.1 Å². The first kappa shape index (κ1) is 24.9. The maximum absolute atomic E-state index is 12.6. The maximum Gasteiger partial charge on any atom is 0.307 e. The number of amides is 1. The van der Waals surface area contributed by atoms with Crippen molar-refractivity contribution in [2.75, 3.05) is 7.05 Å². The van der Waals surface area contributed by atoms with Gasteiger partial charge in [0, 0.05) is 24.7 Å². The van der Waals surface area contributed by atoms with Crippen LogP contribution in [0.4, 0.5) is 0 Å². The summed E-state index contributed by atoms with van der Waals surface area (Å²) in [6.45, 7) is 5.58. The SMILES string of the molecule is CNC(=O)c1ccnc(-c2noc(C(CCCC3CCCCC3)CC(=O)OC(C)(C)C)n2)c1. The van der Waals surface area contributed by atoms with Crippen molar-refractivity contribution >= 4 is 11.9 Å². The molecule has 1 saturated carbocycles. The highest BCUT2D eigenvalue weighted by atomic mass is 16.6. The summed E-state index contributed by atoms with van der Waals surface area (Å²) in [5, 5.41) is 6.67. The van der Waals surface area contributed by atoms with Crippen molar-refractivity contribution in [1.82, 2.24) is 20.4 Å². The van der Waals surface area contributed by atoms with Gasteiger partial charge in [-0.15, -0.1) is 0 Å². The molecule has 8 heteroatoms. The minimum absolute atomic E-state index is 0.190. The largest absolute Gasteiger partial charge is 0.460 e. The number of nitrogens with zero attached hydrogens (tertiary/aromatic N) is 3. The molecule has 1 unspecified atom stereocenters. The van der Waals surface area contributed by atoms with E-state index in [1.165, 1.54) is 38.3 Å². The Labute approximate surface area is 195 Å². The molecule has 1 amide bonds. The molecular weight excluding hydrogens is 420 g/mol. The molecule has 1 atom stereocenters. The predicted molar refractivity (Wildman–Crippen MR) is 125 cm³/mol. The molecular formula is C25H36N4O4. The molecule has 2 aromatic rings. The van der Waals surface area contributed by atoms with Gasteiger partial charge in [-0.25, -0.2) is 0 Å². The smallest absolute Gasteiger partial charge is 0.307 e. The topological polar surface area (TPSA) is 107 Å². The number of carbonyl (C=O) groups is 2. The summed E-state index contributed by atoms with van der Waals surface area (Å²) in [5.74, 6) is 0.782. The third-order valence-corrected chi connectivity index (χ3v) is 5.99. The number of ether oxygens (including phenoxy) is 1. The third-order valence-electron chi connectivity index (χ3n) is 5.99. The molecule has 1 aliphatic carbocycles. The second kappa shape index (κ2) is 11.4. The molecule has 0 saturated heterocycles. The summed E-state index contributed by atoms with van der Waals surface area (Å²) in [4.78, 5) is 33.3. The van der Waals surface area contributed by atoms with E-state index in [4.69, 9.17) is 9.26 Å². The van der Waals surface area contributed by atoms with Gasteiger partial charge in [0.25, 0.3) is 5.91 Å². The van der Waals surface area contributed by atoms with Crippen LogP contribution in [0.3, 0.4) is 0 Å². The predicted octanol–water partition coefficient (Wildman–Crippen LogP) is 5.06. The normalized spacial score (nSPS) is 15.8. The molecule has 0 spiro atoms. The highest BCUT2D eigenvalue weighted by Gasteiger charge is 2.27. The zero-order valence-corrected chi connectivity index (χ0v) is 20.2. The fourth-order valence-electron chi connectivity index (χ4n) is 4.37. The average Bonchev–Trinajstić information content (AvgIpc) is 3.28. The molecule has 1 fully saturated rings. The van der Waals surface area contributed by atoms with Crippen LogP contribution in [0.15, 0.2) is 22.9 Å². The molecule has 8 nitrogen and oxygen atoms in total. The lowest BCUT2D eigenvalue weighted by molar-refractivity contribution is -0.155. The second-order valence-electron chi connectivity index (χ2n) is 9.89. The van der Waals surface area contributed by atoms with Gasteiger partial charge in [0.15, 0.2) is 0 Å². The fourth-order valence-corrected chi connectivity index (χ4v) is 4.37. The Balaban J connectivity index is 1.73. The van der Waals surface area contributed by atoms with E-state index in [1.807, 2.05) is 20.8 Å². The lowest BCUT2D eigenvalue weighted by atomic mass is 9.84. The van der Waals surface area contributed by atoms with Crippen LogP contribution in [-0.2, 0) is 9.53 Å².